The summed E-state index contributed by atoms with van der Waals surface area (Å²) in [5.74, 6) is 0. The van der Waals surface area contributed by atoms with Crippen LogP contribution in [-0.4, -0.2) is 37.0 Å². The van der Waals surface area contributed by atoms with Crippen LogP contribution in [0.3, 0.4) is 0 Å². The van der Waals surface area contributed by atoms with Gasteiger partial charge in [-0.15, -0.1) is 0 Å². The van der Waals surface area contributed by atoms with E-state index < -0.39 is 0 Å². The fraction of sp³-hybridized carbons (Fsp3) is 1.00. The summed E-state index contributed by atoms with van der Waals surface area (Å²) in [5.41, 5.74) is 0. The predicted molar refractivity (Wildman–Crippen MR) is 153 cm³/mol. The van der Waals surface area contributed by atoms with Crippen LogP contribution in [0.1, 0.15) is 119 Å². The van der Waals surface area contributed by atoms with Gasteiger partial charge in [0.1, 0.15) is 0 Å². The molecule has 0 amide bonds. The van der Waals surface area contributed by atoms with E-state index in [0.717, 1.165) is 0 Å². The number of hydrogen-bond donors (Lipinski definition) is 0. The molecule has 5 heteroatoms. The molecular formula is C24H56Br2NiP2+2. The third kappa shape index (κ3) is 35.1. The van der Waals surface area contributed by atoms with Crippen LogP contribution < -0.4 is 0 Å². The van der Waals surface area contributed by atoms with Gasteiger partial charge in [-0.2, -0.15) is 0 Å². The van der Waals surface area contributed by atoms with Gasteiger partial charge in [0, 0.05) is 15.8 Å². The maximum absolute atomic E-state index is 3.00. The van der Waals surface area contributed by atoms with E-state index >= 15 is 0 Å². The topological polar surface area (TPSA) is 0 Å². The first-order valence-corrected chi connectivity index (χ1v) is 21.7. The predicted octanol–water partition coefficient (Wildman–Crippen LogP) is 10.9. The van der Waals surface area contributed by atoms with E-state index in [9.17, 15) is 0 Å². The molecule has 0 nitrogen and oxygen atoms in total. The maximum atomic E-state index is 3.00. The van der Waals surface area contributed by atoms with Crippen LogP contribution in [0.5, 0.6) is 0 Å². The van der Waals surface area contributed by atoms with E-state index in [2.05, 4.69) is 70.0 Å². The van der Waals surface area contributed by atoms with E-state index in [-0.39, 0.29) is 15.8 Å². The van der Waals surface area contributed by atoms with Gasteiger partial charge in [-0.05, 0) is 38.5 Å². The summed E-state index contributed by atoms with van der Waals surface area (Å²) in [7, 11) is 1.38. The molecular weight excluding hydrogens is 569 g/mol. The Bertz CT molecular complexity index is 197. The van der Waals surface area contributed by atoms with Crippen LogP contribution in [0.4, 0.5) is 0 Å². The number of rotatable bonds is 18. The molecule has 0 saturated carbocycles. The third-order valence-electron chi connectivity index (χ3n) is 5.30. The van der Waals surface area contributed by atoms with Gasteiger partial charge in [0.05, 0.1) is 37.0 Å². The average Bonchev–Trinajstić information content (AvgIpc) is 2.73. The summed E-state index contributed by atoms with van der Waals surface area (Å²) in [6.45, 7) is 13.9. The quantitative estimate of drug-likeness (QED) is 0.105. The van der Waals surface area contributed by atoms with E-state index in [1.807, 2.05) is 0 Å². The van der Waals surface area contributed by atoms with E-state index in [0.29, 0.717) is 0 Å². The molecule has 0 aliphatic carbocycles. The zero-order valence-corrected chi connectivity index (χ0v) is 27.0. The average molecular weight is 625 g/mol. The molecule has 0 bridgehead atoms. The third-order valence-corrected chi connectivity index (χ3v) is 11.7. The second-order valence-electron chi connectivity index (χ2n) is 8.17. The number of unbranched alkanes of at least 4 members (excludes halogenated alkanes) is 6. The van der Waals surface area contributed by atoms with E-state index in [1.165, 1.54) is 87.9 Å². The van der Waals surface area contributed by atoms with Crippen molar-refractivity contribution in [3.8, 4) is 0 Å². The van der Waals surface area contributed by atoms with Gasteiger partial charge < -0.3 is 0 Å². The second kappa shape index (κ2) is 34.9. The molecule has 184 valence electrons. The minimum atomic E-state index is 0.0675. The SMILES string of the molecule is CCCC[PH+](CCCC)CCCC.CCCC[PH+](CCCC)CCCC.[Br][Ni][Br]. The van der Waals surface area contributed by atoms with Crippen LogP contribution >= 0.6 is 44.3 Å². The molecule has 0 N–H and O–H groups in total. The number of halogens is 2. The van der Waals surface area contributed by atoms with Crippen LogP contribution in [0.2, 0.25) is 0 Å². The van der Waals surface area contributed by atoms with Crippen molar-refractivity contribution >= 4 is 44.3 Å². The summed E-state index contributed by atoms with van der Waals surface area (Å²) in [4.78, 5) is 0. The molecule has 0 spiro atoms. The van der Waals surface area contributed by atoms with Crippen LogP contribution in [0.25, 0.3) is 0 Å². The number of hydrogen-bond acceptors (Lipinski definition) is 0. The van der Waals surface area contributed by atoms with Gasteiger partial charge in [0.2, 0.25) is 0 Å². The van der Waals surface area contributed by atoms with Crippen molar-refractivity contribution in [2.75, 3.05) is 37.0 Å². The molecule has 0 aromatic carbocycles. The van der Waals surface area contributed by atoms with Gasteiger partial charge in [-0.3, -0.25) is 0 Å². The van der Waals surface area contributed by atoms with Crippen molar-refractivity contribution < 1.29 is 10.9 Å². The van der Waals surface area contributed by atoms with Crippen molar-refractivity contribution in [2.24, 2.45) is 0 Å². The van der Waals surface area contributed by atoms with Crippen LogP contribution in [0.15, 0.2) is 0 Å². The Hall–Kier alpha value is 2.31. The van der Waals surface area contributed by atoms with Crippen LogP contribution in [-0.2, 0) is 10.9 Å². The Kier molecular flexibility index (Phi) is 43.2. The molecule has 0 aliphatic heterocycles. The second-order valence-corrected chi connectivity index (χ2v) is 19.2. The van der Waals surface area contributed by atoms with Crippen molar-refractivity contribution in [1.82, 2.24) is 0 Å². The summed E-state index contributed by atoms with van der Waals surface area (Å²) in [6, 6.07) is 0. The molecule has 0 saturated heterocycles. The Labute approximate surface area is 209 Å². The van der Waals surface area contributed by atoms with Gasteiger partial charge in [-0.1, -0.05) is 80.1 Å². The first-order valence-electron chi connectivity index (χ1n) is 12.6. The van der Waals surface area contributed by atoms with Gasteiger partial charge >= 0.3 is 39.3 Å². The summed E-state index contributed by atoms with van der Waals surface area (Å²) in [5, 5.41) is 0. The molecule has 0 aromatic heterocycles. The molecule has 0 fully saturated rings. The van der Waals surface area contributed by atoms with E-state index in [1.54, 1.807) is 37.0 Å². The molecule has 0 radical (unpaired) electrons. The molecule has 0 aliphatic rings. The molecule has 0 rings (SSSR count). The summed E-state index contributed by atoms with van der Waals surface area (Å²) < 4.78 is 0. The zero-order chi connectivity index (χ0) is 22.6. The standard InChI is InChI=1S/2C12H27P.2BrH.Ni/c2*1-4-7-10-13(11-8-5-2)12-9-6-3;;;/h2*4-12H2,1-3H3;2*1H;/q;;;;+2. The Balaban J connectivity index is -0.000000410. The van der Waals surface area contributed by atoms with Gasteiger partial charge in [0.25, 0.3) is 0 Å². The first-order chi connectivity index (χ1) is 14.1. The zero-order valence-electron chi connectivity index (χ0n) is 20.8. The monoisotopic (exact) mass is 622 g/mol. The fourth-order valence-corrected chi connectivity index (χ4v) is 9.93. The minimum absolute atomic E-state index is 0.0675. The molecule has 0 aromatic rings. The van der Waals surface area contributed by atoms with Crippen molar-refractivity contribution in [1.29, 1.82) is 0 Å². The van der Waals surface area contributed by atoms with Crippen molar-refractivity contribution in [2.45, 2.75) is 119 Å². The molecule has 29 heavy (non-hydrogen) atoms. The summed E-state index contributed by atoms with van der Waals surface area (Å²) >= 11 is 6.00. The molecule has 0 heterocycles. The van der Waals surface area contributed by atoms with Crippen molar-refractivity contribution in [3.63, 3.8) is 0 Å². The van der Waals surface area contributed by atoms with Crippen LogP contribution in [0, 0.1) is 0 Å². The fourth-order valence-electron chi connectivity index (χ4n) is 3.31. The Morgan fingerprint density at radius 3 is 0.655 bits per heavy atom. The molecule has 0 unspecified atom stereocenters. The van der Waals surface area contributed by atoms with Gasteiger partial charge in [0.15, 0.2) is 0 Å². The first kappa shape index (κ1) is 35.9. The summed E-state index contributed by atoms with van der Waals surface area (Å²) in [6.07, 6.45) is 26.8. The Morgan fingerprint density at radius 1 is 0.414 bits per heavy atom. The normalized spacial score (nSPS) is 10.7. The van der Waals surface area contributed by atoms with Gasteiger partial charge in [-0.25, -0.2) is 0 Å². The Morgan fingerprint density at radius 2 is 0.552 bits per heavy atom. The molecule has 0 atom stereocenters. The van der Waals surface area contributed by atoms with Crippen molar-refractivity contribution in [3.05, 3.63) is 0 Å². The van der Waals surface area contributed by atoms with E-state index in [4.69, 9.17) is 0 Å².